The van der Waals surface area contributed by atoms with Gasteiger partial charge in [0.05, 0.1) is 6.10 Å². The number of thioether (sulfide) groups is 1. The Morgan fingerprint density at radius 1 is 1.33 bits per heavy atom. The maximum atomic E-state index is 10.1. The van der Waals surface area contributed by atoms with E-state index in [9.17, 15) is 5.11 Å². The molecule has 0 saturated heterocycles. The molecule has 3 heteroatoms. The van der Waals surface area contributed by atoms with E-state index in [4.69, 9.17) is 5.73 Å². The van der Waals surface area contributed by atoms with Gasteiger partial charge in [0.2, 0.25) is 0 Å². The van der Waals surface area contributed by atoms with Gasteiger partial charge in [-0.2, -0.15) is 0 Å². The largest absolute Gasteiger partial charge is 0.388 e. The van der Waals surface area contributed by atoms with E-state index in [0.717, 1.165) is 12.0 Å². The van der Waals surface area contributed by atoms with Crippen molar-refractivity contribution in [1.29, 1.82) is 0 Å². The number of nitrogens with two attached hydrogens (primary N) is 1. The van der Waals surface area contributed by atoms with Crippen molar-refractivity contribution < 1.29 is 5.11 Å². The Labute approximate surface area is 95.9 Å². The lowest BCUT2D eigenvalue weighted by atomic mass is 9.94. The lowest BCUT2D eigenvalue weighted by Gasteiger charge is -2.20. The van der Waals surface area contributed by atoms with Gasteiger partial charge in [0.1, 0.15) is 0 Å². The topological polar surface area (TPSA) is 46.2 Å². The SMILES string of the molecule is CCC(CN)C(O)c1ccc(SC)cc1. The van der Waals surface area contributed by atoms with Crippen LogP contribution >= 0.6 is 11.8 Å². The van der Waals surface area contributed by atoms with Crippen LogP contribution < -0.4 is 5.73 Å². The van der Waals surface area contributed by atoms with Crippen molar-refractivity contribution in [2.45, 2.75) is 24.3 Å². The van der Waals surface area contributed by atoms with Gasteiger partial charge in [0.15, 0.2) is 0 Å². The molecule has 0 aromatic heterocycles. The van der Waals surface area contributed by atoms with Gasteiger partial charge in [0.25, 0.3) is 0 Å². The summed E-state index contributed by atoms with van der Waals surface area (Å²) in [7, 11) is 0. The average Bonchev–Trinajstić information content (AvgIpc) is 2.30. The minimum absolute atomic E-state index is 0.158. The lowest BCUT2D eigenvalue weighted by molar-refractivity contribution is 0.110. The number of rotatable bonds is 5. The quantitative estimate of drug-likeness (QED) is 0.757. The summed E-state index contributed by atoms with van der Waals surface area (Å²) < 4.78 is 0. The highest BCUT2D eigenvalue weighted by molar-refractivity contribution is 7.98. The summed E-state index contributed by atoms with van der Waals surface area (Å²) in [6.45, 7) is 2.58. The zero-order chi connectivity index (χ0) is 11.3. The predicted molar refractivity (Wildman–Crippen MR) is 66.0 cm³/mol. The van der Waals surface area contributed by atoms with Gasteiger partial charge < -0.3 is 10.8 Å². The maximum absolute atomic E-state index is 10.1. The first-order valence-corrected chi connectivity index (χ1v) is 6.47. The highest BCUT2D eigenvalue weighted by Gasteiger charge is 2.17. The molecule has 0 radical (unpaired) electrons. The fourth-order valence-corrected chi connectivity index (χ4v) is 2.00. The molecule has 84 valence electrons. The Morgan fingerprint density at radius 2 is 1.93 bits per heavy atom. The zero-order valence-electron chi connectivity index (χ0n) is 9.31. The minimum atomic E-state index is -0.434. The number of aliphatic hydroxyl groups excluding tert-OH is 1. The summed E-state index contributed by atoms with van der Waals surface area (Å²) >= 11 is 1.70. The molecule has 0 spiro atoms. The highest BCUT2D eigenvalue weighted by atomic mass is 32.2. The molecule has 0 fully saturated rings. The molecule has 0 aliphatic carbocycles. The first-order valence-electron chi connectivity index (χ1n) is 5.25. The van der Waals surface area contributed by atoms with E-state index in [1.165, 1.54) is 4.90 Å². The zero-order valence-corrected chi connectivity index (χ0v) is 10.1. The first-order chi connectivity index (χ1) is 7.22. The van der Waals surface area contributed by atoms with E-state index in [2.05, 4.69) is 6.92 Å². The van der Waals surface area contributed by atoms with Crippen LogP contribution in [0.1, 0.15) is 25.0 Å². The van der Waals surface area contributed by atoms with Crippen molar-refractivity contribution in [2.24, 2.45) is 11.7 Å². The van der Waals surface area contributed by atoms with Crippen molar-refractivity contribution in [1.82, 2.24) is 0 Å². The van der Waals surface area contributed by atoms with Crippen molar-refractivity contribution in [3.05, 3.63) is 29.8 Å². The Bertz CT molecular complexity index is 282. The van der Waals surface area contributed by atoms with Gasteiger partial charge in [-0.25, -0.2) is 0 Å². The second kappa shape index (κ2) is 6.16. The molecule has 0 saturated carbocycles. The maximum Gasteiger partial charge on any atom is 0.0830 e. The van der Waals surface area contributed by atoms with E-state index in [1.807, 2.05) is 30.5 Å². The standard InChI is InChI=1S/C12H19NOS/c1-3-9(8-13)12(14)10-4-6-11(15-2)7-5-10/h4-7,9,12,14H,3,8,13H2,1-2H3. The van der Waals surface area contributed by atoms with Crippen molar-refractivity contribution >= 4 is 11.8 Å². The van der Waals surface area contributed by atoms with Gasteiger partial charge >= 0.3 is 0 Å². The third-order valence-corrected chi connectivity index (χ3v) is 3.47. The molecular weight excluding hydrogens is 206 g/mol. The van der Waals surface area contributed by atoms with Crippen LogP contribution in [0.25, 0.3) is 0 Å². The van der Waals surface area contributed by atoms with Gasteiger partial charge in [-0.1, -0.05) is 19.1 Å². The number of benzene rings is 1. The molecule has 1 aromatic rings. The Hall–Kier alpha value is -0.510. The summed E-state index contributed by atoms with van der Waals surface area (Å²) in [5, 5.41) is 10.1. The smallest absolute Gasteiger partial charge is 0.0830 e. The van der Waals surface area contributed by atoms with Crippen molar-refractivity contribution in [2.75, 3.05) is 12.8 Å². The summed E-state index contributed by atoms with van der Waals surface area (Å²) in [6, 6.07) is 8.03. The fraction of sp³-hybridized carbons (Fsp3) is 0.500. The fourth-order valence-electron chi connectivity index (χ4n) is 1.59. The lowest BCUT2D eigenvalue weighted by Crippen LogP contribution is -2.21. The van der Waals surface area contributed by atoms with Gasteiger partial charge in [-0.15, -0.1) is 11.8 Å². The van der Waals surface area contributed by atoms with Crippen LogP contribution in [0, 0.1) is 5.92 Å². The monoisotopic (exact) mass is 225 g/mol. The molecule has 2 nitrogen and oxygen atoms in total. The molecule has 0 bridgehead atoms. The summed E-state index contributed by atoms with van der Waals surface area (Å²) in [5.74, 6) is 0.158. The van der Waals surface area contributed by atoms with E-state index < -0.39 is 6.10 Å². The second-order valence-electron chi connectivity index (χ2n) is 3.62. The Morgan fingerprint density at radius 3 is 2.33 bits per heavy atom. The van der Waals surface area contributed by atoms with E-state index in [1.54, 1.807) is 11.8 Å². The second-order valence-corrected chi connectivity index (χ2v) is 4.50. The van der Waals surface area contributed by atoms with E-state index in [-0.39, 0.29) is 5.92 Å². The van der Waals surface area contributed by atoms with Gasteiger partial charge in [-0.05, 0) is 36.9 Å². The van der Waals surface area contributed by atoms with Crippen molar-refractivity contribution in [3.63, 3.8) is 0 Å². The van der Waals surface area contributed by atoms with Crippen LogP contribution in [-0.2, 0) is 0 Å². The van der Waals surface area contributed by atoms with E-state index in [0.29, 0.717) is 6.54 Å². The minimum Gasteiger partial charge on any atom is -0.388 e. The molecule has 1 rings (SSSR count). The van der Waals surface area contributed by atoms with Gasteiger partial charge in [-0.3, -0.25) is 0 Å². The van der Waals surface area contributed by atoms with Crippen LogP contribution in [0.4, 0.5) is 0 Å². The molecule has 15 heavy (non-hydrogen) atoms. The van der Waals surface area contributed by atoms with Crippen LogP contribution in [0.2, 0.25) is 0 Å². The molecule has 1 aromatic carbocycles. The molecule has 0 aliphatic rings. The van der Waals surface area contributed by atoms with Crippen LogP contribution in [0.5, 0.6) is 0 Å². The molecule has 0 aliphatic heterocycles. The average molecular weight is 225 g/mol. The highest BCUT2D eigenvalue weighted by Crippen LogP contribution is 2.25. The number of hydrogen-bond acceptors (Lipinski definition) is 3. The molecule has 2 atom stereocenters. The molecule has 3 N–H and O–H groups in total. The number of aliphatic hydroxyl groups is 1. The van der Waals surface area contributed by atoms with Crippen LogP contribution in [-0.4, -0.2) is 17.9 Å². The Kier molecular flexibility index (Phi) is 5.15. The van der Waals surface area contributed by atoms with Crippen LogP contribution in [0.15, 0.2) is 29.2 Å². The Balaban J connectivity index is 2.76. The predicted octanol–water partition coefficient (Wildman–Crippen LogP) is 2.43. The van der Waals surface area contributed by atoms with Crippen LogP contribution in [0.3, 0.4) is 0 Å². The molecule has 2 unspecified atom stereocenters. The molecule has 0 amide bonds. The normalized spacial score (nSPS) is 14.9. The summed E-state index contributed by atoms with van der Waals surface area (Å²) in [5.41, 5.74) is 6.58. The van der Waals surface area contributed by atoms with Gasteiger partial charge in [0, 0.05) is 10.8 Å². The van der Waals surface area contributed by atoms with E-state index >= 15 is 0 Å². The summed E-state index contributed by atoms with van der Waals surface area (Å²) in [4.78, 5) is 1.21. The number of hydrogen-bond donors (Lipinski definition) is 2. The third kappa shape index (κ3) is 3.23. The van der Waals surface area contributed by atoms with Crippen molar-refractivity contribution in [3.8, 4) is 0 Å². The first kappa shape index (κ1) is 12.6. The molecule has 0 heterocycles. The summed E-state index contributed by atoms with van der Waals surface area (Å²) in [6.07, 6.45) is 2.51. The third-order valence-electron chi connectivity index (χ3n) is 2.73. The molecular formula is C12H19NOS.